The van der Waals surface area contributed by atoms with Gasteiger partial charge in [-0.3, -0.25) is 0 Å². The molecule has 1 fully saturated rings. The molecule has 2 aromatic heterocycles. The number of benzene rings is 1. The predicted octanol–water partition coefficient (Wildman–Crippen LogP) is 5.22. The van der Waals surface area contributed by atoms with Crippen molar-refractivity contribution in [3.8, 4) is 5.88 Å². The maximum atomic E-state index is 6.10. The minimum Gasteiger partial charge on any atom is -0.474 e. The van der Waals surface area contributed by atoms with E-state index in [0.29, 0.717) is 24.9 Å². The van der Waals surface area contributed by atoms with Gasteiger partial charge in [0.15, 0.2) is 5.65 Å². The molecule has 0 bridgehead atoms. The van der Waals surface area contributed by atoms with E-state index >= 15 is 0 Å². The molecule has 1 aliphatic rings. The highest BCUT2D eigenvalue weighted by Gasteiger charge is 2.17. The van der Waals surface area contributed by atoms with Gasteiger partial charge in [0.2, 0.25) is 5.88 Å². The van der Waals surface area contributed by atoms with E-state index in [2.05, 4.69) is 25.2 Å². The first-order valence-electron chi connectivity index (χ1n) is 11.7. The molecule has 1 aromatic carbocycles. The molecular formula is C25H33ClN4O2. The number of nitrogens with zero attached hydrogens (tertiary/aromatic N) is 3. The molecule has 32 heavy (non-hydrogen) atoms. The maximum absolute atomic E-state index is 6.10. The molecule has 3 heterocycles. The molecular weight excluding hydrogens is 424 g/mol. The lowest BCUT2D eigenvalue weighted by molar-refractivity contribution is 0.0766. The zero-order valence-electron chi connectivity index (χ0n) is 19.0. The first-order chi connectivity index (χ1) is 15.7. The first kappa shape index (κ1) is 23.0. The van der Waals surface area contributed by atoms with Crippen LogP contribution in [0.25, 0.3) is 11.0 Å². The van der Waals surface area contributed by atoms with Gasteiger partial charge in [0.1, 0.15) is 0 Å². The van der Waals surface area contributed by atoms with Crippen molar-refractivity contribution < 1.29 is 9.47 Å². The SMILES string of the molecule is CCC(CC)Oc1ccc2c(COCC3CCCNC3)nn(Cc3ccc(Cl)cc3)c2n1. The fourth-order valence-electron chi connectivity index (χ4n) is 4.16. The third kappa shape index (κ3) is 5.80. The number of ether oxygens (including phenoxy) is 2. The summed E-state index contributed by atoms with van der Waals surface area (Å²) < 4.78 is 14.1. The van der Waals surface area contributed by atoms with Gasteiger partial charge in [-0.15, -0.1) is 0 Å². The van der Waals surface area contributed by atoms with Crippen LogP contribution in [0.1, 0.15) is 50.8 Å². The third-order valence-corrected chi connectivity index (χ3v) is 6.33. The lowest BCUT2D eigenvalue weighted by Crippen LogP contribution is -2.32. The molecule has 1 atom stereocenters. The Morgan fingerprint density at radius 1 is 1.16 bits per heavy atom. The molecule has 0 radical (unpaired) electrons. The highest BCUT2D eigenvalue weighted by molar-refractivity contribution is 6.30. The van der Waals surface area contributed by atoms with Crippen LogP contribution in [0.4, 0.5) is 0 Å². The monoisotopic (exact) mass is 456 g/mol. The minimum absolute atomic E-state index is 0.166. The zero-order chi connectivity index (χ0) is 22.3. The van der Waals surface area contributed by atoms with Crippen LogP contribution in [-0.4, -0.2) is 40.6 Å². The van der Waals surface area contributed by atoms with E-state index in [0.717, 1.165) is 59.9 Å². The fourth-order valence-corrected chi connectivity index (χ4v) is 4.29. The standard InChI is InChI=1S/C25H33ClN4O2/c1-3-21(4-2)32-24-12-11-22-23(17-31-16-19-6-5-13-27-14-19)29-30(25(22)28-24)15-18-7-9-20(26)10-8-18/h7-12,19,21,27H,3-6,13-17H2,1-2H3. The van der Waals surface area contributed by atoms with Gasteiger partial charge in [0, 0.05) is 23.0 Å². The van der Waals surface area contributed by atoms with E-state index in [1.54, 1.807) is 0 Å². The molecule has 0 spiro atoms. The topological polar surface area (TPSA) is 61.2 Å². The Kier molecular flexibility index (Phi) is 8.00. The molecule has 7 heteroatoms. The predicted molar refractivity (Wildman–Crippen MR) is 128 cm³/mol. The average molecular weight is 457 g/mol. The van der Waals surface area contributed by atoms with E-state index in [9.17, 15) is 0 Å². The summed E-state index contributed by atoms with van der Waals surface area (Å²) in [7, 11) is 0. The molecule has 1 unspecified atom stereocenters. The smallest absolute Gasteiger partial charge is 0.215 e. The molecule has 0 amide bonds. The van der Waals surface area contributed by atoms with Gasteiger partial charge in [0.25, 0.3) is 0 Å². The van der Waals surface area contributed by atoms with Crippen LogP contribution in [0.5, 0.6) is 5.88 Å². The summed E-state index contributed by atoms with van der Waals surface area (Å²) in [5.74, 6) is 1.22. The van der Waals surface area contributed by atoms with Crippen LogP contribution in [0.15, 0.2) is 36.4 Å². The van der Waals surface area contributed by atoms with Crippen LogP contribution in [0.2, 0.25) is 5.02 Å². The lowest BCUT2D eigenvalue weighted by Gasteiger charge is -2.22. The molecule has 0 saturated carbocycles. The van der Waals surface area contributed by atoms with Gasteiger partial charge in [-0.05, 0) is 61.9 Å². The molecule has 0 aliphatic carbocycles. The van der Waals surface area contributed by atoms with Crippen LogP contribution in [0, 0.1) is 5.92 Å². The third-order valence-electron chi connectivity index (χ3n) is 6.08. The van der Waals surface area contributed by atoms with E-state index in [4.69, 9.17) is 31.2 Å². The number of hydrogen-bond acceptors (Lipinski definition) is 5. The van der Waals surface area contributed by atoms with Crippen LogP contribution in [0.3, 0.4) is 0 Å². The summed E-state index contributed by atoms with van der Waals surface area (Å²) in [4.78, 5) is 4.83. The highest BCUT2D eigenvalue weighted by Crippen LogP contribution is 2.24. The highest BCUT2D eigenvalue weighted by atomic mass is 35.5. The van der Waals surface area contributed by atoms with Crippen molar-refractivity contribution >= 4 is 22.6 Å². The Morgan fingerprint density at radius 3 is 2.69 bits per heavy atom. The van der Waals surface area contributed by atoms with Crippen molar-refractivity contribution in [1.29, 1.82) is 0 Å². The van der Waals surface area contributed by atoms with Crippen molar-refractivity contribution in [2.75, 3.05) is 19.7 Å². The summed E-state index contributed by atoms with van der Waals surface area (Å²) in [6.45, 7) is 8.26. The summed E-state index contributed by atoms with van der Waals surface area (Å²) in [6, 6.07) is 11.9. The number of piperidine rings is 1. The van der Waals surface area contributed by atoms with Gasteiger partial charge in [0.05, 0.1) is 31.6 Å². The summed E-state index contributed by atoms with van der Waals surface area (Å²) in [5.41, 5.74) is 2.85. The van der Waals surface area contributed by atoms with Gasteiger partial charge in [-0.2, -0.15) is 10.1 Å². The van der Waals surface area contributed by atoms with E-state index in [-0.39, 0.29) is 6.10 Å². The second kappa shape index (κ2) is 11.1. The second-order valence-corrected chi connectivity index (χ2v) is 8.97. The molecule has 3 aromatic rings. The van der Waals surface area contributed by atoms with Crippen molar-refractivity contribution in [2.24, 2.45) is 5.92 Å². The fraction of sp³-hybridized carbons (Fsp3) is 0.520. The Balaban J connectivity index is 1.56. The van der Waals surface area contributed by atoms with Crippen molar-refractivity contribution in [3.05, 3.63) is 52.7 Å². The van der Waals surface area contributed by atoms with Gasteiger partial charge >= 0.3 is 0 Å². The molecule has 1 aliphatic heterocycles. The number of rotatable bonds is 10. The Morgan fingerprint density at radius 2 is 1.97 bits per heavy atom. The van der Waals surface area contributed by atoms with Crippen molar-refractivity contribution in [3.63, 3.8) is 0 Å². The normalized spacial score (nSPS) is 16.7. The van der Waals surface area contributed by atoms with E-state index < -0.39 is 0 Å². The summed E-state index contributed by atoms with van der Waals surface area (Å²) in [6.07, 6.45) is 4.51. The van der Waals surface area contributed by atoms with Crippen molar-refractivity contribution in [1.82, 2.24) is 20.1 Å². The number of fused-ring (bicyclic) bond motifs is 1. The number of halogens is 1. The molecule has 6 nitrogen and oxygen atoms in total. The molecule has 1 saturated heterocycles. The maximum Gasteiger partial charge on any atom is 0.215 e. The first-order valence-corrected chi connectivity index (χ1v) is 12.1. The van der Waals surface area contributed by atoms with Crippen molar-refractivity contribution in [2.45, 2.75) is 58.8 Å². The lowest BCUT2D eigenvalue weighted by atomic mass is 10.0. The van der Waals surface area contributed by atoms with E-state index in [1.165, 1.54) is 12.8 Å². The van der Waals surface area contributed by atoms with Crippen LogP contribution in [-0.2, 0) is 17.9 Å². The number of pyridine rings is 1. The van der Waals surface area contributed by atoms with Gasteiger partial charge in [-0.1, -0.05) is 37.6 Å². The molecule has 4 rings (SSSR count). The Bertz CT molecular complexity index is 995. The summed E-state index contributed by atoms with van der Waals surface area (Å²) in [5, 5.41) is 10.1. The molecule has 172 valence electrons. The second-order valence-electron chi connectivity index (χ2n) is 8.54. The van der Waals surface area contributed by atoms with Crippen LogP contribution >= 0.6 is 11.6 Å². The number of hydrogen-bond donors (Lipinski definition) is 1. The number of aromatic nitrogens is 3. The quantitative estimate of drug-likeness (QED) is 0.453. The summed E-state index contributed by atoms with van der Waals surface area (Å²) >= 11 is 6.06. The molecule has 1 N–H and O–H groups in total. The number of nitrogens with one attached hydrogen (secondary N) is 1. The van der Waals surface area contributed by atoms with Gasteiger partial charge < -0.3 is 14.8 Å². The Hall–Kier alpha value is -2.15. The zero-order valence-corrected chi connectivity index (χ0v) is 19.8. The average Bonchev–Trinajstić information content (AvgIpc) is 3.16. The van der Waals surface area contributed by atoms with Crippen LogP contribution < -0.4 is 10.1 Å². The Labute approximate surface area is 195 Å². The largest absolute Gasteiger partial charge is 0.474 e. The van der Waals surface area contributed by atoms with E-state index in [1.807, 2.05) is 35.0 Å². The van der Waals surface area contributed by atoms with Gasteiger partial charge in [-0.25, -0.2) is 4.68 Å². The minimum atomic E-state index is 0.166.